The lowest BCUT2D eigenvalue weighted by Gasteiger charge is -2.41. The fourth-order valence-corrected chi connectivity index (χ4v) is 5.18. The second-order valence-electron chi connectivity index (χ2n) is 9.00. The highest BCUT2D eigenvalue weighted by molar-refractivity contribution is 5.29. The molecular weight excluding hydrogens is 384 g/mol. The third kappa shape index (κ3) is 4.55. The Labute approximate surface area is 184 Å². The van der Waals surface area contributed by atoms with Crippen LogP contribution in [-0.4, -0.2) is 62.2 Å². The molecule has 1 aromatic heterocycles. The van der Waals surface area contributed by atoms with E-state index < -0.39 is 0 Å². The van der Waals surface area contributed by atoms with Gasteiger partial charge < -0.3 is 0 Å². The Morgan fingerprint density at radius 1 is 0.903 bits per heavy atom. The fourth-order valence-electron chi connectivity index (χ4n) is 5.18. The summed E-state index contributed by atoms with van der Waals surface area (Å²) in [7, 11) is 0. The Morgan fingerprint density at radius 3 is 2.32 bits per heavy atom. The van der Waals surface area contributed by atoms with Gasteiger partial charge in [-0.3, -0.25) is 9.80 Å². The lowest BCUT2D eigenvalue weighted by molar-refractivity contribution is 0.0771. The highest BCUT2D eigenvalue weighted by Gasteiger charge is 2.33. The van der Waals surface area contributed by atoms with Crippen LogP contribution in [0.2, 0.25) is 0 Å². The third-order valence-electron chi connectivity index (χ3n) is 6.93. The summed E-state index contributed by atoms with van der Waals surface area (Å²) in [5.74, 6) is 0.932. The number of aromatic nitrogens is 4. The molecule has 0 bridgehead atoms. The van der Waals surface area contributed by atoms with Crippen LogP contribution in [0.3, 0.4) is 0 Å². The van der Waals surface area contributed by atoms with E-state index in [1.54, 1.807) is 0 Å². The van der Waals surface area contributed by atoms with E-state index in [4.69, 9.17) is 0 Å². The molecule has 2 heterocycles. The maximum Gasteiger partial charge on any atom is 0.173 e. The predicted octanol–water partition coefficient (Wildman–Crippen LogP) is 3.68. The number of nitrogens with zero attached hydrogens (tertiary/aromatic N) is 6. The van der Waals surface area contributed by atoms with E-state index in [1.807, 2.05) is 10.7 Å². The van der Waals surface area contributed by atoms with Gasteiger partial charge in [-0.25, -0.2) is 4.68 Å². The summed E-state index contributed by atoms with van der Waals surface area (Å²) < 4.78 is 1.98. The minimum absolute atomic E-state index is 0.0741. The van der Waals surface area contributed by atoms with Gasteiger partial charge in [0.25, 0.3) is 0 Å². The topological polar surface area (TPSA) is 50.1 Å². The Bertz CT molecular complexity index is 953. The van der Waals surface area contributed by atoms with Gasteiger partial charge in [0.1, 0.15) is 0 Å². The monoisotopic (exact) mass is 416 g/mol. The molecule has 1 aliphatic heterocycles. The fraction of sp³-hybridized carbons (Fsp3) is 0.480. The molecule has 1 aliphatic carbocycles. The van der Waals surface area contributed by atoms with E-state index in [-0.39, 0.29) is 6.04 Å². The predicted molar refractivity (Wildman–Crippen MR) is 122 cm³/mol. The summed E-state index contributed by atoms with van der Waals surface area (Å²) in [6.07, 6.45) is 5.53. The lowest BCUT2D eigenvalue weighted by Crippen LogP contribution is -2.51. The summed E-state index contributed by atoms with van der Waals surface area (Å²) in [5, 5.41) is 13.0. The first-order valence-corrected chi connectivity index (χ1v) is 11.6. The Morgan fingerprint density at radius 2 is 1.61 bits per heavy atom. The summed E-state index contributed by atoms with van der Waals surface area (Å²) in [6, 6.07) is 20.2. The average molecular weight is 417 g/mol. The highest BCUT2D eigenvalue weighted by atomic mass is 15.6. The third-order valence-corrected chi connectivity index (χ3v) is 6.93. The summed E-state index contributed by atoms with van der Waals surface area (Å²) in [6.45, 7) is 7.19. The van der Waals surface area contributed by atoms with Crippen molar-refractivity contribution in [2.75, 3.05) is 26.2 Å². The Hall–Kier alpha value is -2.57. The normalized spacial score (nSPS) is 19.6. The van der Waals surface area contributed by atoms with Crippen molar-refractivity contribution in [1.82, 2.24) is 30.0 Å². The van der Waals surface area contributed by atoms with Gasteiger partial charge in [0.05, 0.1) is 12.6 Å². The van der Waals surface area contributed by atoms with Gasteiger partial charge in [0.15, 0.2) is 5.82 Å². The first kappa shape index (κ1) is 20.3. The van der Waals surface area contributed by atoms with E-state index in [0.29, 0.717) is 6.54 Å². The Balaban J connectivity index is 1.41. The molecule has 2 aromatic carbocycles. The van der Waals surface area contributed by atoms with Crippen LogP contribution in [-0.2, 0) is 6.54 Å². The van der Waals surface area contributed by atoms with Crippen molar-refractivity contribution in [2.45, 2.75) is 51.2 Å². The van der Waals surface area contributed by atoms with E-state index >= 15 is 0 Å². The van der Waals surface area contributed by atoms with Gasteiger partial charge in [-0.05, 0) is 41.3 Å². The maximum atomic E-state index is 4.53. The highest BCUT2D eigenvalue weighted by Crippen LogP contribution is 2.31. The standard InChI is InChI=1S/C25H32N6/c1-20-11-13-22(14-12-20)24(30-17-15-29(16-18-30)23-9-5-6-10-23)25-26-27-28-31(25)19-21-7-3-2-4-8-21/h2-4,7-8,11-14,23-24H,5-6,9-10,15-19H2,1H3. The molecule has 0 spiro atoms. The number of hydrogen-bond acceptors (Lipinski definition) is 5. The van der Waals surface area contributed by atoms with Crippen molar-refractivity contribution in [1.29, 1.82) is 0 Å². The van der Waals surface area contributed by atoms with Gasteiger partial charge in [-0.15, -0.1) is 5.10 Å². The molecule has 0 radical (unpaired) electrons. The molecule has 6 nitrogen and oxygen atoms in total. The van der Waals surface area contributed by atoms with Gasteiger partial charge in [0.2, 0.25) is 0 Å². The van der Waals surface area contributed by atoms with Crippen LogP contribution >= 0.6 is 0 Å². The second-order valence-corrected chi connectivity index (χ2v) is 9.00. The van der Waals surface area contributed by atoms with Crippen molar-refractivity contribution >= 4 is 0 Å². The second kappa shape index (κ2) is 9.28. The van der Waals surface area contributed by atoms with Crippen LogP contribution in [0.1, 0.15) is 54.2 Å². The van der Waals surface area contributed by atoms with Crippen LogP contribution in [0.5, 0.6) is 0 Å². The molecule has 2 aliphatic rings. The van der Waals surface area contributed by atoms with Crippen LogP contribution in [0, 0.1) is 6.92 Å². The van der Waals surface area contributed by atoms with Crippen molar-refractivity contribution < 1.29 is 0 Å². The molecule has 0 N–H and O–H groups in total. The van der Waals surface area contributed by atoms with Crippen LogP contribution in [0.25, 0.3) is 0 Å². The first-order valence-electron chi connectivity index (χ1n) is 11.6. The molecule has 1 saturated carbocycles. The quantitative estimate of drug-likeness (QED) is 0.614. The number of aryl methyl sites for hydroxylation is 1. The molecule has 3 aromatic rings. The largest absolute Gasteiger partial charge is 0.298 e. The van der Waals surface area contributed by atoms with Crippen molar-refractivity contribution in [3.05, 3.63) is 77.1 Å². The van der Waals surface area contributed by atoms with Gasteiger partial charge in [-0.2, -0.15) is 0 Å². The molecule has 1 atom stereocenters. The van der Waals surface area contributed by atoms with Crippen LogP contribution < -0.4 is 0 Å². The Kier molecular flexibility index (Phi) is 6.09. The van der Waals surface area contributed by atoms with E-state index in [1.165, 1.54) is 42.4 Å². The maximum absolute atomic E-state index is 4.53. The number of rotatable bonds is 6. The molecule has 31 heavy (non-hydrogen) atoms. The summed E-state index contributed by atoms with van der Waals surface area (Å²) >= 11 is 0. The zero-order valence-corrected chi connectivity index (χ0v) is 18.4. The summed E-state index contributed by atoms with van der Waals surface area (Å²) in [4.78, 5) is 5.28. The lowest BCUT2D eigenvalue weighted by atomic mass is 10.0. The molecule has 162 valence electrons. The van der Waals surface area contributed by atoms with E-state index in [0.717, 1.165) is 38.0 Å². The zero-order valence-electron chi connectivity index (χ0n) is 18.4. The molecule has 0 amide bonds. The van der Waals surface area contributed by atoms with Crippen molar-refractivity contribution in [3.8, 4) is 0 Å². The van der Waals surface area contributed by atoms with E-state index in [2.05, 4.69) is 80.8 Å². The van der Waals surface area contributed by atoms with Crippen LogP contribution in [0.15, 0.2) is 54.6 Å². The SMILES string of the molecule is Cc1ccc(C(c2nnnn2Cc2ccccc2)N2CCN(C3CCCC3)CC2)cc1. The van der Waals surface area contributed by atoms with Gasteiger partial charge in [-0.1, -0.05) is 73.0 Å². The zero-order chi connectivity index (χ0) is 21.0. The molecule has 5 rings (SSSR count). The first-order chi connectivity index (χ1) is 15.3. The van der Waals surface area contributed by atoms with Gasteiger partial charge in [0, 0.05) is 32.2 Å². The number of piperazine rings is 1. The number of tetrazole rings is 1. The van der Waals surface area contributed by atoms with Gasteiger partial charge >= 0.3 is 0 Å². The molecule has 1 saturated heterocycles. The average Bonchev–Trinajstić information content (AvgIpc) is 3.50. The van der Waals surface area contributed by atoms with E-state index in [9.17, 15) is 0 Å². The number of hydrogen-bond donors (Lipinski definition) is 0. The minimum atomic E-state index is 0.0741. The molecular formula is C25H32N6. The van der Waals surface area contributed by atoms with Crippen LogP contribution in [0.4, 0.5) is 0 Å². The van der Waals surface area contributed by atoms with Crippen molar-refractivity contribution in [3.63, 3.8) is 0 Å². The number of benzene rings is 2. The molecule has 2 fully saturated rings. The summed E-state index contributed by atoms with van der Waals surface area (Å²) in [5.41, 5.74) is 3.76. The van der Waals surface area contributed by atoms with Crippen molar-refractivity contribution in [2.24, 2.45) is 0 Å². The molecule has 1 unspecified atom stereocenters. The smallest absolute Gasteiger partial charge is 0.173 e. The molecule has 6 heteroatoms. The minimum Gasteiger partial charge on any atom is -0.298 e.